The molecule has 20 heavy (non-hydrogen) atoms. The van der Waals surface area contributed by atoms with Crippen LogP contribution in [0.2, 0.25) is 10.0 Å². The number of halogens is 2. The number of likely N-dealkylation sites (tertiary alicyclic amines) is 1. The second-order valence-corrected chi connectivity index (χ2v) is 6.06. The molecular formula is C15H19Cl2NO2. The molecule has 1 fully saturated rings. The zero-order chi connectivity index (χ0) is 14.7. The van der Waals surface area contributed by atoms with E-state index in [0.29, 0.717) is 22.9 Å². The lowest BCUT2D eigenvalue weighted by molar-refractivity contribution is -0.143. The highest BCUT2D eigenvalue weighted by molar-refractivity contribution is 6.42. The van der Waals surface area contributed by atoms with E-state index in [-0.39, 0.29) is 12.0 Å². The van der Waals surface area contributed by atoms with Gasteiger partial charge in [0.25, 0.3) is 0 Å². The lowest BCUT2D eigenvalue weighted by Gasteiger charge is -2.36. The SMILES string of the molecule is CCC(c1ccc(Cl)c(Cl)c1)N1CCC(C(=O)O)CC1. The minimum Gasteiger partial charge on any atom is -0.481 e. The maximum absolute atomic E-state index is 11.0. The van der Waals surface area contributed by atoms with Crippen molar-refractivity contribution >= 4 is 29.2 Å². The number of rotatable bonds is 4. The molecule has 1 aromatic carbocycles. The van der Waals surface area contributed by atoms with Gasteiger partial charge in [-0.05, 0) is 50.0 Å². The first-order chi connectivity index (χ1) is 9.52. The maximum Gasteiger partial charge on any atom is 0.306 e. The third-order valence-corrected chi connectivity index (χ3v) is 4.77. The van der Waals surface area contributed by atoms with Gasteiger partial charge in [-0.25, -0.2) is 0 Å². The van der Waals surface area contributed by atoms with Crippen molar-refractivity contribution in [3.05, 3.63) is 33.8 Å². The number of carbonyl (C=O) groups is 1. The maximum atomic E-state index is 11.0. The molecule has 0 amide bonds. The number of nitrogens with zero attached hydrogens (tertiary/aromatic N) is 1. The van der Waals surface area contributed by atoms with Gasteiger partial charge in [0.1, 0.15) is 0 Å². The first-order valence-corrected chi connectivity index (χ1v) is 7.70. The Hall–Kier alpha value is -0.770. The fraction of sp³-hybridized carbons (Fsp3) is 0.533. The van der Waals surface area contributed by atoms with Gasteiger partial charge in [0.2, 0.25) is 0 Å². The minimum absolute atomic E-state index is 0.197. The predicted octanol–water partition coefficient (Wildman–Crippen LogP) is 4.24. The van der Waals surface area contributed by atoms with E-state index in [1.54, 1.807) is 0 Å². The van der Waals surface area contributed by atoms with E-state index < -0.39 is 5.97 Å². The molecule has 110 valence electrons. The fourth-order valence-electron chi connectivity index (χ4n) is 2.88. The summed E-state index contributed by atoms with van der Waals surface area (Å²) in [6.45, 7) is 3.77. The van der Waals surface area contributed by atoms with Gasteiger partial charge in [-0.15, -0.1) is 0 Å². The Kier molecular flexibility index (Phi) is 5.30. The summed E-state index contributed by atoms with van der Waals surface area (Å²) in [6, 6.07) is 6.03. The van der Waals surface area contributed by atoms with Crippen LogP contribution in [0.5, 0.6) is 0 Å². The number of hydrogen-bond donors (Lipinski definition) is 1. The normalized spacial score (nSPS) is 18.9. The van der Waals surface area contributed by atoms with E-state index in [0.717, 1.165) is 25.1 Å². The molecule has 1 N–H and O–H groups in total. The van der Waals surface area contributed by atoms with Crippen LogP contribution >= 0.6 is 23.2 Å². The van der Waals surface area contributed by atoms with Gasteiger partial charge >= 0.3 is 5.97 Å². The van der Waals surface area contributed by atoms with E-state index in [4.69, 9.17) is 28.3 Å². The highest BCUT2D eigenvalue weighted by atomic mass is 35.5. The summed E-state index contributed by atoms with van der Waals surface area (Å²) in [5.74, 6) is -0.871. The lowest BCUT2D eigenvalue weighted by atomic mass is 9.93. The highest BCUT2D eigenvalue weighted by Crippen LogP contribution is 2.32. The molecule has 1 aliphatic rings. The molecule has 0 radical (unpaired) electrons. The van der Waals surface area contributed by atoms with Crippen molar-refractivity contribution in [2.45, 2.75) is 32.2 Å². The number of benzene rings is 1. The smallest absolute Gasteiger partial charge is 0.306 e. The van der Waals surface area contributed by atoms with Crippen LogP contribution in [0, 0.1) is 5.92 Å². The summed E-state index contributed by atoms with van der Waals surface area (Å²) in [4.78, 5) is 13.3. The number of hydrogen-bond acceptors (Lipinski definition) is 2. The fourth-order valence-corrected chi connectivity index (χ4v) is 3.19. The largest absolute Gasteiger partial charge is 0.481 e. The van der Waals surface area contributed by atoms with Crippen molar-refractivity contribution < 1.29 is 9.90 Å². The van der Waals surface area contributed by atoms with Crippen LogP contribution in [0.15, 0.2) is 18.2 Å². The van der Waals surface area contributed by atoms with Crippen LogP contribution in [0.1, 0.15) is 37.8 Å². The summed E-state index contributed by atoms with van der Waals surface area (Å²) in [5.41, 5.74) is 1.15. The van der Waals surface area contributed by atoms with Gasteiger partial charge in [0.15, 0.2) is 0 Å². The number of aliphatic carboxylic acids is 1. The van der Waals surface area contributed by atoms with Crippen molar-refractivity contribution in [1.82, 2.24) is 4.90 Å². The number of carboxylic acids is 1. The molecule has 0 saturated carbocycles. The first-order valence-electron chi connectivity index (χ1n) is 6.94. The van der Waals surface area contributed by atoms with E-state index in [1.807, 2.05) is 18.2 Å². The summed E-state index contributed by atoms with van der Waals surface area (Å²) in [6.07, 6.45) is 2.40. The third-order valence-electron chi connectivity index (χ3n) is 4.03. The summed E-state index contributed by atoms with van der Waals surface area (Å²) >= 11 is 12.0. The molecule has 3 nitrogen and oxygen atoms in total. The molecule has 1 saturated heterocycles. The Morgan fingerprint density at radius 2 is 2.00 bits per heavy atom. The van der Waals surface area contributed by atoms with Gasteiger partial charge < -0.3 is 5.11 Å². The average molecular weight is 316 g/mol. The molecule has 0 aromatic heterocycles. The van der Waals surface area contributed by atoms with Crippen LogP contribution in [0.3, 0.4) is 0 Å². The standard InChI is InChI=1S/C15H19Cl2NO2/c1-2-14(11-3-4-12(16)13(17)9-11)18-7-5-10(6-8-18)15(19)20/h3-4,9-10,14H,2,5-8H2,1H3,(H,19,20). The predicted molar refractivity (Wildman–Crippen MR) is 81.4 cm³/mol. The Morgan fingerprint density at radius 3 is 2.50 bits per heavy atom. The van der Waals surface area contributed by atoms with Crippen LogP contribution in [0.4, 0.5) is 0 Å². The lowest BCUT2D eigenvalue weighted by Crippen LogP contribution is -2.38. The van der Waals surface area contributed by atoms with Crippen molar-refractivity contribution in [2.75, 3.05) is 13.1 Å². The van der Waals surface area contributed by atoms with Gasteiger partial charge in [-0.1, -0.05) is 36.2 Å². The van der Waals surface area contributed by atoms with Crippen LogP contribution in [-0.4, -0.2) is 29.1 Å². The zero-order valence-corrected chi connectivity index (χ0v) is 13.0. The van der Waals surface area contributed by atoms with Gasteiger partial charge in [-0.2, -0.15) is 0 Å². The van der Waals surface area contributed by atoms with E-state index >= 15 is 0 Å². The highest BCUT2D eigenvalue weighted by Gasteiger charge is 2.28. The van der Waals surface area contributed by atoms with Crippen LogP contribution in [-0.2, 0) is 4.79 Å². The Labute approximate surface area is 129 Å². The van der Waals surface area contributed by atoms with Crippen molar-refractivity contribution in [2.24, 2.45) is 5.92 Å². The minimum atomic E-state index is -0.674. The second-order valence-electron chi connectivity index (χ2n) is 5.25. The number of carboxylic acid groups (broad SMARTS) is 1. The van der Waals surface area contributed by atoms with Crippen molar-refractivity contribution in [1.29, 1.82) is 0 Å². The van der Waals surface area contributed by atoms with Crippen molar-refractivity contribution in [3.8, 4) is 0 Å². The molecule has 1 atom stereocenters. The molecule has 1 heterocycles. The van der Waals surface area contributed by atoms with Crippen LogP contribution < -0.4 is 0 Å². The molecule has 1 unspecified atom stereocenters. The summed E-state index contributed by atoms with van der Waals surface area (Å²) < 4.78 is 0. The molecular weight excluding hydrogens is 297 g/mol. The molecule has 0 bridgehead atoms. The van der Waals surface area contributed by atoms with E-state index in [9.17, 15) is 4.79 Å². The Morgan fingerprint density at radius 1 is 1.35 bits per heavy atom. The summed E-state index contributed by atoms with van der Waals surface area (Å²) in [5, 5.41) is 10.2. The molecule has 1 aromatic rings. The molecule has 0 aliphatic carbocycles. The molecule has 0 spiro atoms. The van der Waals surface area contributed by atoms with E-state index in [2.05, 4.69) is 11.8 Å². The van der Waals surface area contributed by atoms with Crippen molar-refractivity contribution in [3.63, 3.8) is 0 Å². The third kappa shape index (κ3) is 3.46. The number of piperidine rings is 1. The Bertz CT molecular complexity index is 485. The Balaban J connectivity index is 2.09. The molecule has 5 heteroatoms. The zero-order valence-electron chi connectivity index (χ0n) is 11.5. The quantitative estimate of drug-likeness (QED) is 0.903. The molecule has 2 rings (SSSR count). The van der Waals surface area contributed by atoms with E-state index in [1.165, 1.54) is 0 Å². The van der Waals surface area contributed by atoms with Gasteiger partial charge in [0.05, 0.1) is 16.0 Å². The summed E-state index contributed by atoms with van der Waals surface area (Å²) in [7, 11) is 0. The second kappa shape index (κ2) is 6.79. The molecule has 1 aliphatic heterocycles. The van der Waals surface area contributed by atoms with Gasteiger partial charge in [0, 0.05) is 6.04 Å². The van der Waals surface area contributed by atoms with Gasteiger partial charge in [-0.3, -0.25) is 9.69 Å². The topological polar surface area (TPSA) is 40.5 Å². The first kappa shape index (κ1) is 15.6. The van der Waals surface area contributed by atoms with Crippen LogP contribution in [0.25, 0.3) is 0 Å². The monoisotopic (exact) mass is 315 g/mol. The average Bonchev–Trinajstić information content (AvgIpc) is 2.44.